The Balaban J connectivity index is 2.12. The van der Waals surface area contributed by atoms with Gasteiger partial charge in [-0.3, -0.25) is 4.79 Å². The molecule has 1 saturated carbocycles. The number of rotatable bonds is 0. The van der Waals surface area contributed by atoms with E-state index in [9.17, 15) is 4.79 Å². The maximum Gasteiger partial charge on any atom is 0.235 e. The molecular weight excluding hydrogens is 194 g/mol. The van der Waals surface area contributed by atoms with Gasteiger partial charge in [0.15, 0.2) is 0 Å². The molecule has 2 atom stereocenters. The average Bonchev–Trinajstić information content (AvgIpc) is 2.08. The molecule has 0 aromatic rings. The monoisotopic (exact) mass is 211 g/mol. The first-order chi connectivity index (χ1) is 6.49. The van der Waals surface area contributed by atoms with Gasteiger partial charge in [-0.2, -0.15) is 0 Å². The molecule has 1 amide bonds. The number of thioether (sulfide) groups is 1. The van der Waals surface area contributed by atoms with Crippen LogP contribution in [-0.2, 0) is 4.79 Å². The fourth-order valence-corrected chi connectivity index (χ4v) is 3.64. The largest absolute Gasteiger partial charge is 0.351 e. The third-order valence-corrected chi connectivity index (χ3v) is 4.69. The predicted octanol–water partition coefficient (Wildman–Crippen LogP) is 2.11. The summed E-state index contributed by atoms with van der Waals surface area (Å²) >= 11 is 1.83. The van der Waals surface area contributed by atoms with Crippen LogP contribution in [0, 0.1) is 0 Å². The molecule has 0 aromatic carbocycles. The van der Waals surface area contributed by atoms with E-state index in [0.717, 1.165) is 19.3 Å². The first-order valence-electron chi connectivity index (χ1n) is 5.14. The SMILES string of the molecule is C=C1CCC2SC(C)(C)C(=O)NC2C1. The molecule has 3 heteroatoms. The van der Waals surface area contributed by atoms with Crippen molar-refractivity contribution in [1.82, 2.24) is 5.32 Å². The molecule has 1 N–H and O–H groups in total. The fraction of sp³-hybridized carbons (Fsp3) is 0.727. The molecule has 0 radical (unpaired) electrons. The van der Waals surface area contributed by atoms with Gasteiger partial charge in [0.2, 0.25) is 5.91 Å². The third kappa shape index (κ3) is 1.70. The van der Waals surface area contributed by atoms with Gasteiger partial charge < -0.3 is 5.32 Å². The minimum Gasteiger partial charge on any atom is -0.351 e. The zero-order valence-corrected chi connectivity index (χ0v) is 9.62. The Bertz CT molecular complexity index is 285. The highest BCUT2D eigenvalue weighted by molar-refractivity contribution is 8.02. The molecule has 0 spiro atoms. The van der Waals surface area contributed by atoms with Gasteiger partial charge in [-0.1, -0.05) is 12.2 Å². The predicted molar refractivity (Wildman–Crippen MR) is 60.4 cm³/mol. The second kappa shape index (κ2) is 3.30. The summed E-state index contributed by atoms with van der Waals surface area (Å²) in [6.45, 7) is 8.02. The highest BCUT2D eigenvalue weighted by atomic mass is 32.2. The first kappa shape index (κ1) is 10.1. The van der Waals surface area contributed by atoms with Gasteiger partial charge in [0.1, 0.15) is 0 Å². The van der Waals surface area contributed by atoms with Crippen molar-refractivity contribution in [3.8, 4) is 0 Å². The van der Waals surface area contributed by atoms with Crippen LogP contribution in [0.2, 0.25) is 0 Å². The molecule has 1 aliphatic carbocycles. The summed E-state index contributed by atoms with van der Waals surface area (Å²) in [5, 5.41) is 3.71. The number of carbonyl (C=O) groups excluding carboxylic acids is 1. The maximum absolute atomic E-state index is 11.7. The van der Waals surface area contributed by atoms with Gasteiger partial charge in [-0.05, 0) is 33.1 Å². The van der Waals surface area contributed by atoms with E-state index in [2.05, 4.69) is 11.9 Å². The standard InChI is InChI=1S/C11H17NOS/c1-7-4-5-9-8(6-7)12-10(13)11(2,3)14-9/h8-9H,1,4-6H2,2-3H3,(H,12,13). The summed E-state index contributed by atoms with van der Waals surface area (Å²) in [7, 11) is 0. The first-order valence-corrected chi connectivity index (χ1v) is 6.02. The topological polar surface area (TPSA) is 29.1 Å². The van der Waals surface area contributed by atoms with E-state index in [-0.39, 0.29) is 10.7 Å². The fourth-order valence-electron chi connectivity index (χ4n) is 2.15. The zero-order valence-electron chi connectivity index (χ0n) is 8.80. The molecule has 2 nitrogen and oxygen atoms in total. The number of carbonyl (C=O) groups is 1. The second-order valence-electron chi connectivity index (χ2n) is 4.74. The molecule has 2 aliphatic rings. The summed E-state index contributed by atoms with van der Waals surface area (Å²) in [5.74, 6) is 0.179. The number of amides is 1. The van der Waals surface area contributed by atoms with Crippen molar-refractivity contribution in [2.24, 2.45) is 0 Å². The van der Waals surface area contributed by atoms with E-state index in [1.165, 1.54) is 5.57 Å². The van der Waals surface area contributed by atoms with Crippen LogP contribution < -0.4 is 5.32 Å². The molecule has 1 aliphatic heterocycles. The van der Waals surface area contributed by atoms with E-state index in [4.69, 9.17) is 0 Å². The van der Waals surface area contributed by atoms with Crippen LogP contribution in [0.1, 0.15) is 33.1 Å². The summed E-state index contributed by atoms with van der Waals surface area (Å²) in [5.41, 5.74) is 1.28. The van der Waals surface area contributed by atoms with E-state index < -0.39 is 0 Å². The van der Waals surface area contributed by atoms with Gasteiger partial charge >= 0.3 is 0 Å². The highest BCUT2D eigenvalue weighted by Gasteiger charge is 2.42. The Kier molecular flexibility index (Phi) is 2.38. The normalized spacial score (nSPS) is 36.1. The van der Waals surface area contributed by atoms with Crippen molar-refractivity contribution in [2.45, 2.75) is 49.1 Å². The molecule has 0 aromatic heterocycles. The Morgan fingerprint density at radius 3 is 3.00 bits per heavy atom. The Labute approximate surface area is 89.5 Å². The average molecular weight is 211 g/mol. The lowest BCUT2D eigenvalue weighted by atomic mass is 9.90. The zero-order chi connectivity index (χ0) is 10.3. The van der Waals surface area contributed by atoms with Crippen LogP contribution in [0.25, 0.3) is 0 Å². The summed E-state index contributed by atoms with van der Waals surface area (Å²) in [6.07, 6.45) is 3.26. The lowest BCUT2D eigenvalue weighted by molar-refractivity contribution is -0.123. The smallest absolute Gasteiger partial charge is 0.235 e. The quantitative estimate of drug-likeness (QED) is 0.622. The van der Waals surface area contributed by atoms with Gasteiger partial charge in [-0.15, -0.1) is 11.8 Å². The Hall–Kier alpha value is -0.440. The minimum absolute atomic E-state index is 0.179. The molecule has 2 unspecified atom stereocenters. The molecule has 0 bridgehead atoms. The summed E-state index contributed by atoms with van der Waals surface area (Å²) in [4.78, 5) is 11.7. The molecule has 1 saturated heterocycles. The number of fused-ring (bicyclic) bond motifs is 1. The molecule has 78 valence electrons. The van der Waals surface area contributed by atoms with Gasteiger partial charge in [-0.25, -0.2) is 0 Å². The van der Waals surface area contributed by atoms with E-state index in [1.54, 1.807) is 0 Å². The van der Waals surface area contributed by atoms with Crippen LogP contribution in [-0.4, -0.2) is 21.9 Å². The Morgan fingerprint density at radius 1 is 1.57 bits per heavy atom. The molecule has 2 fully saturated rings. The Morgan fingerprint density at radius 2 is 2.29 bits per heavy atom. The van der Waals surface area contributed by atoms with E-state index >= 15 is 0 Å². The van der Waals surface area contributed by atoms with Crippen molar-refractivity contribution in [1.29, 1.82) is 0 Å². The lowest BCUT2D eigenvalue weighted by Gasteiger charge is -2.43. The number of hydrogen-bond acceptors (Lipinski definition) is 2. The number of hydrogen-bond donors (Lipinski definition) is 1. The third-order valence-electron chi connectivity index (χ3n) is 3.05. The molecular formula is C11H17NOS. The lowest BCUT2D eigenvalue weighted by Crippen LogP contribution is -2.56. The van der Waals surface area contributed by atoms with Crippen LogP contribution >= 0.6 is 11.8 Å². The molecule has 14 heavy (non-hydrogen) atoms. The van der Waals surface area contributed by atoms with Gasteiger partial charge in [0.25, 0.3) is 0 Å². The van der Waals surface area contributed by atoms with Crippen LogP contribution in [0.5, 0.6) is 0 Å². The van der Waals surface area contributed by atoms with Crippen LogP contribution in [0.4, 0.5) is 0 Å². The van der Waals surface area contributed by atoms with Crippen LogP contribution in [0.3, 0.4) is 0 Å². The van der Waals surface area contributed by atoms with Crippen molar-refractivity contribution in [3.63, 3.8) is 0 Å². The van der Waals surface area contributed by atoms with Crippen molar-refractivity contribution in [2.75, 3.05) is 0 Å². The van der Waals surface area contributed by atoms with E-state index in [1.807, 2.05) is 25.6 Å². The summed E-state index contributed by atoms with van der Waals surface area (Å²) < 4.78 is -0.250. The van der Waals surface area contributed by atoms with E-state index in [0.29, 0.717) is 11.3 Å². The van der Waals surface area contributed by atoms with Crippen LogP contribution in [0.15, 0.2) is 12.2 Å². The number of nitrogens with one attached hydrogen (secondary N) is 1. The second-order valence-corrected chi connectivity index (χ2v) is 6.60. The minimum atomic E-state index is -0.250. The highest BCUT2D eigenvalue weighted by Crippen LogP contribution is 2.41. The van der Waals surface area contributed by atoms with Gasteiger partial charge in [0.05, 0.1) is 4.75 Å². The maximum atomic E-state index is 11.7. The van der Waals surface area contributed by atoms with Gasteiger partial charge in [0, 0.05) is 11.3 Å². The van der Waals surface area contributed by atoms with Crippen molar-refractivity contribution < 1.29 is 4.79 Å². The summed E-state index contributed by atoms with van der Waals surface area (Å²) in [6, 6.07) is 0.335. The van der Waals surface area contributed by atoms with Crippen molar-refractivity contribution >= 4 is 17.7 Å². The molecule has 1 heterocycles. The van der Waals surface area contributed by atoms with Crippen molar-refractivity contribution in [3.05, 3.63) is 12.2 Å². The molecule has 2 rings (SSSR count).